The van der Waals surface area contributed by atoms with E-state index in [0.717, 1.165) is 30.7 Å². The van der Waals surface area contributed by atoms with Crippen LogP contribution in [0.2, 0.25) is 0 Å². The fraction of sp³-hybridized carbons (Fsp3) is 0.542. The van der Waals surface area contributed by atoms with Gasteiger partial charge in [0.05, 0.1) is 22.6 Å². The van der Waals surface area contributed by atoms with Crippen LogP contribution in [-0.2, 0) is 23.7 Å². The summed E-state index contributed by atoms with van der Waals surface area (Å²) in [5.74, 6) is 0.917. The number of hydrogen-bond acceptors (Lipinski definition) is 5. The summed E-state index contributed by atoms with van der Waals surface area (Å²) in [6, 6.07) is 1.75. The van der Waals surface area contributed by atoms with Gasteiger partial charge >= 0.3 is 12.4 Å². The van der Waals surface area contributed by atoms with Crippen LogP contribution in [0.15, 0.2) is 34.2 Å². The minimum absolute atomic E-state index is 0.0110. The number of rotatable bonds is 7. The number of piperidine rings is 1. The number of nitrogens with one attached hydrogen (secondary N) is 1. The Morgan fingerprint density at radius 3 is 2.39 bits per heavy atom. The Morgan fingerprint density at radius 1 is 1.08 bits per heavy atom. The Kier molecular flexibility index (Phi) is 7.84. The number of benzene rings is 1. The molecule has 1 aromatic rings. The number of ketones is 1. The van der Waals surface area contributed by atoms with E-state index in [9.17, 15) is 35.9 Å². The minimum atomic E-state index is -4.89. The van der Waals surface area contributed by atoms with E-state index in [0.29, 0.717) is 55.1 Å². The number of thioether (sulfide) groups is 1. The fourth-order valence-corrected chi connectivity index (χ4v) is 5.15. The third kappa shape index (κ3) is 7.12. The molecule has 3 aliphatic rings. The van der Waals surface area contributed by atoms with Gasteiger partial charge in [0, 0.05) is 13.0 Å². The maximum Gasteiger partial charge on any atom is 0.416 e. The van der Waals surface area contributed by atoms with Crippen LogP contribution in [0.4, 0.5) is 31.1 Å². The van der Waals surface area contributed by atoms with E-state index >= 15 is 0 Å². The van der Waals surface area contributed by atoms with Crippen LogP contribution in [0.5, 0.6) is 0 Å². The molecule has 0 radical (unpaired) electrons. The third-order valence-corrected chi connectivity index (χ3v) is 7.28. The van der Waals surface area contributed by atoms with Gasteiger partial charge in [0.15, 0.2) is 5.78 Å². The Morgan fingerprint density at radius 2 is 1.78 bits per heavy atom. The van der Waals surface area contributed by atoms with Gasteiger partial charge in [-0.3, -0.25) is 19.5 Å². The number of hydrogen-bond donors (Lipinski definition) is 1. The monoisotopic (exact) mass is 533 g/mol. The first kappa shape index (κ1) is 26.7. The topological polar surface area (TPSA) is 61.8 Å². The van der Waals surface area contributed by atoms with E-state index in [1.807, 2.05) is 6.08 Å². The molecular formula is C24H25F6N3O2S. The summed E-state index contributed by atoms with van der Waals surface area (Å²) in [6.45, 7) is 0.800. The molecule has 0 bridgehead atoms. The first-order chi connectivity index (χ1) is 16.9. The molecule has 0 unspecified atom stereocenters. The number of amidine groups is 1. The maximum atomic E-state index is 13.4. The molecular weight excluding hydrogens is 508 g/mol. The maximum absolute atomic E-state index is 13.4. The average Bonchev–Trinajstić information content (AvgIpc) is 3.53. The van der Waals surface area contributed by atoms with Gasteiger partial charge in [-0.25, -0.2) is 0 Å². The zero-order valence-corrected chi connectivity index (χ0v) is 20.0. The number of nitrogens with zero attached hydrogens (tertiary/aromatic N) is 2. The quantitative estimate of drug-likeness (QED) is 0.434. The van der Waals surface area contributed by atoms with Gasteiger partial charge in [0.2, 0.25) is 0 Å². The first-order valence-corrected chi connectivity index (χ1v) is 12.5. The predicted octanol–water partition coefficient (Wildman–Crippen LogP) is 6.04. The van der Waals surface area contributed by atoms with Crippen LogP contribution < -0.4 is 5.32 Å². The summed E-state index contributed by atoms with van der Waals surface area (Å²) in [5, 5.41) is 2.37. The van der Waals surface area contributed by atoms with Crippen LogP contribution in [0.3, 0.4) is 0 Å². The largest absolute Gasteiger partial charge is 0.416 e. The van der Waals surface area contributed by atoms with Crippen LogP contribution in [0.1, 0.15) is 48.8 Å². The number of alkyl halides is 6. The van der Waals surface area contributed by atoms with Gasteiger partial charge in [-0.05, 0) is 80.1 Å². The van der Waals surface area contributed by atoms with Crippen molar-refractivity contribution >= 4 is 28.6 Å². The lowest BCUT2D eigenvalue weighted by Crippen LogP contribution is -2.33. The number of Topliss-reactive ketones (excluding diaryl/α,β-unsaturated/α-hetero) is 1. The number of likely N-dealkylation sites (tertiary alicyclic amines) is 1. The minimum Gasteiger partial charge on any atom is -0.300 e. The summed E-state index contributed by atoms with van der Waals surface area (Å²) in [5.41, 5.74) is -2.79. The van der Waals surface area contributed by atoms with Crippen LogP contribution in [-0.4, -0.2) is 41.4 Å². The Balaban J connectivity index is 1.37. The van der Waals surface area contributed by atoms with Crippen LogP contribution in [0, 0.1) is 11.8 Å². The van der Waals surface area contributed by atoms with Crippen molar-refractivity contribution in [1.82, 2.24) is 10.2 Å². The lowest BCUT2D eigenvalue weighted by molar-refractivity contribution is -0.143. The zero-order valence-electron chi connectivity index (χ0n) is 19.2. The van der Waals surface area contributed by atoms with Crippen molar-refractivity contribution in [2.75, 3.05) is 19.6 Å². The summed E-state index contributed by atoms with van der Waals surface area (Å²) < 4.78 is 79.1. The molecule has 1 aromatic carbocycles. The first-order valence-electron chi connectivity index (χ1n) is 11.7. The average molecular weight is 534 g/mol. The van der Waals surface area contributed by atoms with E-state index in [2.05, 4.69) is 10.3 Å². The lowest BCUT2D eigenvalue weighted by Gasteiger charge is -2.31. The molecule has 4 rings (SSSR count). The van der Waals surface area contributed by atoms with Crippen molar-refractivity contribution in [3.8, 4) is 0 Å². The van der Waals surface area contributed by atoms with Crippen LogP contribution in [0.25, 0.3) is 0 Å². The second-order valence-corrected chi connectivity index (χ2v) is 10.4. The van der Waals surface area contributed by atoms with E-state index in [-0.39, 0.29) is 41.7 Å². The molecule has 0 spiro atoms. The van der Waals surface area contributed by atoms with Crippen molar-refractivity contribution in [2.24, 2.45) is 16.8 Å². The Labute approximate surface area is 208 Å². The van der Waals surface area contributed by atoms with Crippen molar-refractivity contribution in [2.45, 2.75) is 51.0 Å². The number of carbonyl (C=O) groups excluding carboxylic acids is 2. The molecule has 1 saturated carbocycles. The number of carbonyl (C=O) groups is 2. The predicted molar refractivity (Wildman–Crippen MR) is 123 cm³/mol. The highest BCUT2D eigenvalue weighted by Crippen LogP contribution is 2.38. The summed E-state index contributed by atoms with van der Waals surface area (Å²) in [4.78, 5) is 30.6. The normalized spacial score (nSPS) is 22.4. The van der Waals surface area contributed by atoms with Gasteiger partial charge in [0.1, 0.15) is 5.84 Å². The van der Waals surface area contributed by atoms with E-state index < -0.39 is 23.5 Å². The molecule has 0 atom stereocenters. The van der Waals surface area contributed by atoms with Crippen molar-refractivity contribution < 1.29 is 35.9 Å². The molecule has 1 N–H and O–H groups in total. The Hall–Kier alpha value is -2.34. The number of amides is 1. The second kappa shape index (κ2) is 10.6. The SMILES string of the molecule is O=C(CN=C1NC(=O)S/C1=C\C1CCN(Cc2ccc(C(F)(F)F)cc2C(F)(F)F)CC1)CC1CC1. The molecule has 1 amide bonds. The molecule has 2 heterocycles. The number of allylic oxidation sites excluding steroid dienone is 1. The van der Waals surface area contributed by atoms with Gasteiger partial charge in [0.25, 0.3) is 5.24 Å². The van der Waals surface area contributed by atoms with E-state index in [4.69, 9.17) is 0 Å². The Bertz CT molecular complexity index is 1070. The standard InChI is InChI=1S/C24H25F6N3O2S/c25-23(26,27)17-4-3-16(19(11-17)24(28,29)30)13-33-7-5-15(6-8-33)10-20-21(32-22(35)36-20)31-12-18(34)9-14-1-2-14/h3-4,10-11,14-15H,1-2,5-9,12-13H2,(H,31,32,35)/b20-10-. The molecule has 12 heteroatoms. The van der Waals surface area contributed by atoms with Gasteiger partial charge in [-0.15, -0.1) is 0 Å². The summed E-state index contributed by atoms with van der Waals surface area (Å²) >= 11 is 0.995. The summed E-state index contributed by atoms with van der Waals surface area (Å²) in [7, 11) is 0. The van der Waals surface area contributed by atoms with E-state index in [1.54, 1.807) is 4.90 Å². The third-order valence-electron chi connectivity index (χ3n) is 6.44. The lowest BCUT2D eigenvalue weighted by atomic mass is 9.95. The van der Waals surface area contributed by atoms with Gasteiger partial charge < -0.3 is 5.32 Å². The number of halogens is 6. The smallest absolute Gasteiger partial charge is 0.300 e. The van der Waals surface area contributed by atoms with E-state index in [1.165, 1.54) is 0 Å². The molecule has 1 aliphatic carbocycles. The van der Waals surface area contributed by atoms with Crippen molar-refractivity contribution in [3.05, 3.63) is 45.9 Å². The zero-order chi connectivity index (χ0) is 26.1. The highest BCUT2D eigenvalue weighted by Gasteiger charge is 2.38. The highest BCUT2D eigenvalue weighted by molar-refractivity contribution is 8.18. The van der Waals surface area contributed by atoms with Crippen LogP contribution >= 0.6 is 11.8 Å². The fourth-order valence-electron chi connectivity index (χ4n) is 4.33. The number of aliphatic imine (C=N–C) groups is 1. The highest BCUT2D eigenvalue weighted by atomic mass is 32.2. The second-order valence-electron chi connectivity index (χ2n) is 9.38. The van der Waals surface area contributed by atoms with Crippen molar-refractivity contribution in [3.63, 3.8) is 0 Å². The van der Waals surface area contributed by atoms with Crippen molar-refractivity contribution in [1.29, 1.82) is 0 Å². The van der Waals surface area contributed by atoms with Gasteiger partial charge in [-0.2, -0.15) is 26.3 Å². The molecule has 3 fully saturated rings. The molecule has 196 valence electrons. The molecule has 2 aliphatic heterocycles. The molecule has 5 nitrogen and oxygen atoms in total. The molecule has 36 heavy (non-hydrogen) atoms. The van der Waals surface area contributed by atoms with Gasteiger partial charge in [-0.1, -0.05) is 12.1 Å². The molecule has 2 saturated heterocycles. The summed E-state index contributed by atoms with van der Waals surface area (Å²) in [6.07, 6.45) is -4.00. The molecule has 0 aromatic heterocycles.